The number of imide groups is 1. The Kier molecular flexibility index (Phi) is 13.5. The molecule has 0 radical (unpaired) electrons. The van der Waals surface area contributed by atoms with Crippen molar-refractivity contribution in [3.63, 3.8) is 0 Å². The van der Waals surface area contributed by atoms with E-state index < -0.39 is 17.8 Å². The predicted octanol–water partition coefficient (Wildman–Crippen LogP) is 5.68. The molecule has 5 N–H and O–H groups in total. The number of carbonyl (C=O) groups excluding carboxylic acids is 5. The van der Waals surface area contributed by atoms with Gasteiger partial charge in [-0.15, -0.1) is 0 Å². The van der Waals surface area contributed by atoms with Crippen LogP contribution in [0.3, 0.4) is 0 Å². The van der Waals surface area contributed by atoms with Gasteiger partial charge in [0.2, 0.25) is 23.6 Å². The highest BCUT2D eigenvalue weighted by molar-refractivity contribution is 6.31. The third-order valence-electron chi connectivity index (χ3n) is 11.0. The van der Waals surface area contributed by atoms with Gasteiger partial charge in [0.05, 0.1) is 23.3 Å². The van der Waals surface area contributed by atoms with Crippen LogP contribution in [0.2, 0.25) is 5.02 Å². The van der Waals surface area contributed by atoms with Gasteiger partial charge in [-0.2, -0.15) is 0 Å². The van der Waals surface area contributed by atoms with E-state index in [1.807, 2.05) is 18.2 Å². The van der Waals surface area contributed by atoms with Crippen LogP contribution in [0.4, 0.5) is 27.3 Å². The number of aromatic nitrogens is 2. The maximum Gasteiger partial charge on any atom is 0.255 e. The van der Waals surface area contributed by atoms with Gasteiger partial charge in [0.1, 0.15) is 29.8 Å². The van der Waals surface area contributed by atoms with Gasteiger partial charge in [-0.3, -0.25) is 34.2 Å². The van der Waals surface area contributed by atoms with Crippen molar-refractivity contribution in [1.82, 2.24) is 30.4 Å². The highest BCUT2D eigenvalue weighted by Gasteiger charge is 2.39. The number of fused-ring (bicyclic) bond motifs is 2. The summed E-state index contributed by atoms with van der Waals surface area (Å²) in [4.78, 5) is 75.2. The lowest BCUT2D eigenvalue weighted by atomic mass is 10.0. The first-order valence-electron chi connectivity index (χ1n) is 20.1. The molecule has 2 saturated heterocycles. The van der Waals surface area contributed by atoms with Crippen molar-refractivity contribution in [2.24, 2.45) is 0 Å². The van der Waals surface area contributed by atoms with Gasteiger partial charge < -0.3 is 30.9 Å². The zero-order valence-corrected chi connectivity index (χ0v) is 33.9. The minimum absolute atomic E-state index is 0.0282. The van der Waals surface area contributed by atoms with Crippen LogP contribution >= 0.6 is 11.6 Å². The average molecular weight is 840 g/mol. The fourth-order valence-corrected chi connectivity index (χ4v) is 7.95. The van der Waals surface area contributed by atoms with Crippen molar-refractivity contribution in [2.45, 2.75) is 70.0 Å². The predicted molar refractivity (Wildman–Crippen MR) is 226 cm³/mol. The topological polar surface area (TPSA) is 187 Å². The van der Waals surface area contributed by atoms with E-state index in [0.29, 0.717) is 71.9 Å². The first kappa shape index (κ1) is 42.0. The standard InChI is InChI=1S/C43H47ClFN9O6/c1-60-37-23-34-29(41(48-25-47-34)50-27-11-12-32(45)31(44)21-27)22-35(37)51-39(56)10-6-18-53-19-15-26(16-20-53)49-38(55)9-3-2-4-17-46-33-8-5-7-28-30(33)24-54(43(28)59)36-13-14-40(57)52-42(36)58/h5-8,10-12,21-23,25-26,36,46H,2-4,9,13-20,24H2,1H3,(H,49,55)(H,51,56)(H,47,48,50)(H,52,57,58). The molecule has 60 heavy (non-hydrogen) atoms. The number of anilines is 4. The van der Waals surface area contributed by atoms with Gasteiger partial charge in [-0.25, -0.2) is 14.4 Å². The monoisotopic (exact) mass is 839 g/mol. The lowest BCUT2D eigenvalue weighted by Gasteiger charge is -2.31. The number of benzene rings is 3. The smallest absolute Gasteiger partial charge is 0.255 e. The van der Waals surface area contributed by atoms with Crippen molar-refractivity contribution in [2.75, 3.05) is 49.2 Å². The number of nitrogens with zero attached hydrogens (tertiary/aromatic N) is 4. The van der Waals surface area contributed by atoms with Crippen LogP contribution in [0.25, 0.3) is 10.9 Å². The molecule has 3 aliphatic rings. The molecule has 0 spiro atoms. The molecule has 7 rings (SSSR count). The minimum Gasteiger partial charge on any atom is -0.494 e. The fourth-order valence-electron chi connectivity index (χ4n) is 7.77. The van der Waals surface area contributed by atoms with Crippen LogP contribution in [0.1, 0.15) is 67.3 Å². The van der Waals surface area contributed by atoms with Crippen molar-refractivity contribution in [3.8, 4) is 5.75 Å². The Morgan fingerprint density at radius 3 is 2.63 bits per heavy atom. The summed E-state index contributed by atoms with van der Waals surface area (Å²) in [6, 6.07) is 12.7. The van der Waals surface area contributed by atoms with E-state index in [-0.39, 0.29) is 41.1 Å². The average Bonchev–Trinajstić information content (AvgIpc) is 3.57. The van der Waals surface area contributed by atoms with Gasteiger partial charge in [-0.1, -0.05) is 30.2 Å². The van der Waals surface area contributed by atoms with Crippen LogP contribution in [0, 0.1) is 5.82 Å². The summed E-state index contributed by atoms with van der Waals surface area (Å²) in [5, 5.41) is 15.5. The number of carbonyl (C=O) groups is 5. The molecule has 2 fully saturated rings. The quantitative estimate of drug-likeness (QED) is 0.0531. The summed E-state index contributed by atoms with van der Waals surface area (Å²) >= 11 is 5.95. The number of unbranched alkanes of at least 4 members (excludes halogenated alkanes) is 2. The molecule has 3 aliphatic heterocycles. The van der Waals surface area contributed by atoms with Crippen molar-refractivity contribution >= 4 is 74.9 Å². The third kappa shape index (κ3) is 10.2. The molecule has 0 bridgehead atoms. The number of halogens is 2. The van der Waals surface area contributed by atoms with Crippen LogP contribution in [-0.2, 0) is 25.7 Å². The van der Waals surface area contributed by atoms with Crippen LogP contribution < -0.4 is 31.3 Å². The second kappa shape index (κ2) is 19.3. The molecular weight excluding hydrogens is 793 g/mol. The van der Waals surface area contributed by atoms with Crippen LogP contribution in [0.15, 0.2) is 67.0 Å². The molecule has 1 aromatic heterocycles. The zero-order valence-electron chi connectivity index (χ0n) is 33.2. The minimum atomic E-state index is -0.652. The van der Waals surface area contributed by atoms with E-state index in [2.05, 4.69) is 41.5 Å². The SMILES string of the molecule is COc1cc2ncnc(Nc3ccc(F)c(Cl)c3)c2cc1NC(=O)C=CCN1CCC(NC(=O)CCCCCNc2cccc3c2CN(C2CCC(=O)NC2=O)C3=O)CC1. The molecule has 15 nitrogen and oxygen atoms in total. The normalized spacial score (nSPS) is 17.1. The molecule has 0 saturated carbocycles. The molecular formula is C43H47ClFN9O6. The van der Waals surface area contributed by atoms with E-state index in [4.69, 9.17) is 16.3 Å². The van der Waals surface area contributed by atoms with E-state index in [1.165, 1.54) is 31.6 Å². The van der Waals surface area contributed by atoms with E-state index in [1.54, 1.807) is 29.2 Å². The van der Waals surface area contributed by atoms with Gasteiger partial charge in [0, 0.05) is 91.6 Å². The van der Waals surface area contributed by atoms with E-state index in [9.17, 15) is 28.4 Å². The molecule has 1 atom stereocenters. The van der Waals surface area contributed by atoms with Gasteiger partial charge in [0.25, 0.3) is 5.91 Å². The number of rotatable bonds is 16. The maximum absolute atomic E-state index is 13.7. The fraction of sp³-hybridized carbons (Fsp3) is 0.372. The summed E-state index contributed by atoms with van der Waals surface area (Å²) in [6.07, 6.45) is 9.78. The van der Waals surface area contributed by atoms with Gasteiger partial charge >= 0.3 is 0 Å². The Hall–Kier alpha value is -6.13. The zero-order chi connectivity index (χ0) is 42.2. The summed E-state index contributed by atoms with van der Waals surface area (Å²) in [5.41, 5.74) is 3.83. The Morgan fingerprint density at radius 2 is 1.85 bits per heavy atom. The molecule has 1 unspecified atom stereocenters. The van der Waals surface area contributed by atoms with E-state index in [0.717, 1.165) is 56.4 Å². The number of amides is 5. The first-order chi connectivity index (χ1) is 29.1. The van der Waals surface area contributed by atoms with Crippen LogP contribution in [-0.4, -0.2) is 94.7 Å². The summed E-state index contributed by atoms with van der Waals surface area (Å²) < 4.78 is 19.2. The van der Waals surface area contributed by atoms with E-state index >= 15 is 0 Å². The molecule has 3 aromatic carbocycles. The Balaban J connectivity index is 0.794. The second-order valence-electron chi connectivity index (χ2n) is 15.0. The third-order valence-corrected chi connectivity index (χ3v) is 11.3. The summed E-state index contributed by atoms with van der Waals surface area (Å²) in [5.74, 6) is -0.890. The highest BCUT2D eigenvalue weighted by Crippen LogP contribution is 2.34. The molecule has 17 heteroatoms. The lowest BCUT2D eigenvalue weighted by molar-refractivity contribution is -0.137. The van der Waals surface area contributed by atoms with Crippen LogP contribution in [0.5, 0.6) is 5.75 Å². The Morgan fingerprint density at radius 1 is 1.02 bits per heavy atom. The molecule has 4 heterocycles. The second-order valence-corrected chi connectivity index (χ2v) is 15.5. The number of hydrogen-bond acceptors (Lipinski definition) is 11. The Bertz CT molecular complexity index is 2320. The largest absolute Gasteiger partial charge is 0.494 e. The number of ether oxygens (including phenoxy) is 1. The number of hydrogen-bond donors (Lipinski definition) is 5. The maximum atomic E-state index is 13.7. The van der Waals surface area contributed by atoms with Crippen molar-refractivity contribution in [3.05, 3.63) is 89.0 Å². The number of likely N-dealkylation sites (tertiary alicyclic amines) is 1. The molecule has 0 aliphatic carbocycles. The summed E-state index contributed by atoms with van der Waals surface area (Å²) in [6.45, 7) is 3.16. The lowest BCUT2D eigenvalue weighted by Crippen LogP contribution is -2.52. The number of piperidine rings is 2. The molecule has 314 valence electrons. The molecule has 5 amide bonds. The van der Waals surface area contributed by atoms with Crippen molar-refractivity contribution in [1.29, 1.82) is 0 Å². The highest BCUT2D eigenvalue weighted by atomic mass is 35.5. The first-order valence-corrected chi connectivity index (χ1v) is 20.5. The van der Waals surface area contributed by atoms with Crippen molar-refractivity contribution < 1.29 is 33.1 Å². The molecule has 4 aromatic rings. The number of nitrogens with one attached hydrogen (secondary N) is 5. The Labute approximate surface area is 351 Å². The summed E-state index contributed by atoms with van der Waals surface area (Å²) in [7, 11) is 1.51. The van der Waals surface area contributed by atoms with Gasteiger partial charge in [-0.05, 0) is 68.5 Å². The number of methoxy groups -OCH3 is 1. The van der Waals surface area contributed by atoms with Gasteiger partial charge in [0.15, 0.2) is 0 Å².